The lowest BCUT2D eigenvalue weighted by molar-refractivity contribution is -0.155. The topological polar surface area (TPSA) is 83.1 Å². The number of amides is 2. The summed E-state index contributed by atoms with van der Waals surface area (Å²) in [5.74, 6) is 0.450. The molecular formula is C25H32N4O4. The van der Waals surface area contributed by atoms with Crippen LogP contribution in [0.2, 0.25) is 0 Å². The van der Waals surface area contributed by atoms with Crippen molar-refractivity contribution in [3.63, 3.8) is 0 Å². The highest BCUT2D eigenvalue weighted by molar-refractivity contribution is 6.06. The minimum Gasteiger partial charge on any atom is -0.459 e. The molecule has 2 aliphatic carbocycles. The maximum Gasteiger partial charge on any atom is 0.306 e. The van der Waals surface area contributed by atoms with Crippen LogP contribution >= 0.6 is 0 Å². The summed E-state index contributed by atoms with van der Waals surface area (Å²) in [7, 11) is 0. The Hall–Kier alpha value is -2.74. The van der Waals surface area contributed by atoms with E-state index in [4.69, 9.17) is 4.74 Å². The maximum absolute atomic E-state index is 13.1. The molecule has 0 N–H and O–H groups in total. The van der Waals surface area contributed by atoms with E-state index in [1.54, 1.807) is 6.20 Å². The largest absolute Gasteiger partial charge is 0.459 e. The van der Waals surface area contributed by atoms with Crippen molar-refractivity contribution in [3.05, 3.63) is 36.5 Å². The Kier molecular flexibility index (Phi) is 6.19. The van der Waals surface area contributed by atoms with Crippen LogP contribution < -0.4 is 4.90 Å². The van der Waals surface area contributed by atoms with Crippen LogP contribution in [-0.4, -0.2) is 77.9 Å². The molecule has 33 heavy (non-hydrogen) atoms. The third kappa shape index (κ3) is 4.28. The van der Waals surface area contributed by atoms with E-state index in [1.165, 1.54) is 4.90 Å². The Morgan fingerprint density at radius 1 is 1.06 bits per heavy atom. The number of fused-ring (bicyclic) bond motifs is 5. The lowest BCUT2D eigenvalue weighted by Crippen LogP contribution is -2.51. The molecule has 5 atom stereocenters. The van der Waals surface area contributed by atoms with Gasteiger partial charge in [-0.3, -0.25) is 24.2 Å². The quantitative estimate of drug-likeness (QED) is 0.337. The molecule has 5 rings (SSSR count). The van der Waals surface area contributed by atoms with Gasteiger partial charge in [0.05, 0.1) is 18.4 Å². The molecule has 2 bridgehead atoms. The second-order valence-electron chi connectivity index (χ2n) is 9.62. The summed E-state index contributed by atoms with van der Waals surface area (Å²) in [4.78, 5) is 48.9. The van der Waals surface area contributed by atoms with Crippen molar-refractivity contribution in [2.24, 2.45) is 23.7 Å². The Bertz CT molecular complexity index is 898. The highest BCUT2D eigenvalue weighted by Gasteiger charge is 2.59. The number of imide groups is 1. The van der Waals surface area contributed by atoms with Gasteiger partial charge in [-0.1, -0.05) is 25.1 Å². The van der Waals surface area contributed by atoms with E-state index in [2.05, 4.69) is 26.9 Å². The van der Waals surface area contributed by atoms with Crippen molar-refractivity contribution >= 4 is 23.6 Å². The number of carbonyl (C=O) groups is 3. The van der Waals surface area contributed by atoms with E-state index in [-0.39, 0.29) is 48.0 Å². The van der Waals surface area contributed by atoms with Gasteiger partial charge in [0.25, 0.3) is 0 Å². The number of likely N-dealkylation sites (tertiary alicyclic amines) is 1. The van der Waals surface area contributed by atoms with Crippen LogP contribution in [0.3, 0.4) is 0 Å². The van der Waals surface area contributed by atoms with Crippen LogP contribution in [0.5, 0.6) is 0 Å². The second kappa shape index (κ2) is 9.25. The van der Waals surface area contributed by atoms with Gasteiger partial charge in [0.15, 0.2) is 0 Å². The fraction of sp³-hybridized carbons (Fsp3) is 0.600. The molecule has 176 valence electrons. The molecule has 5 unspecified atom stereocenters. The monoisotopic (exact) mass is 452 g/mol. The first-order valence-corrected chi connectivity index (χ1v) is 12.2. The maximum atomic E-state index is 13.1. The fourth-order valence-corrected chi connectivity index (χ4v) is 5.92. The molecule has 3 fully saturated rings. The number of anilines is 1. The number of piperazine rings is 1. The Labute approximate surface area is 194 Å². The van der Waals surface area contributed by atoms with E-state index in [9.17, 15) is 14.4 Å². The summed E-state index contributed by atoms with van der Waals surface area (Å²) in [6.45, 7) is 5.87. The lowest BCUT2D eigenvalue weighted by Gasteiger charge is -2.37. The molecule has 3 heterocycles. The van der Waals surface area contributed by atoms with E-state index >= 15 is 0 Å². The predicted octanol–water partition coefficient (Wildman–Crippen LogP) is 1.72. The average molecular weight is 453 g/mol. The van der Waals surface area contributed by atoms with Crippen molar-refractivity contribution in [2.45, 2.75) is 32.3 Å². The first kappa shape index (κ1) is 22.1. The van der Waals surface area contributed by atoms with Crippen molar-refractivity contribution in [1.29, 1.82) is 0 Å². The third-order valence-electron chi connectivity index (χ3n) is 7.51. The number of hydrogen-bond donors (Lipinski definition) is 0. The van der Waals surface area contributed by atoms with Crippen molar-refractivity contribution in [3.8, 4) is 0 Å². The fourth-order valence-electron chi connectivity index (χ4n) is 5.92. The number of carbonyl (C=O) groups excluding carboxylic acids is 3. The number of hydrogen-bond acceptors (Lipinski definition) is 7. The number of allylic oxidation sites excluding steroid dienone is 2. The number of ether oxygens (including phenoxy) is 1. The van der Waals surface area contributed by atoms with Gasteiger partial charge < -0.3 is 9.64 Å². The summed E-state index contributed by atoms with van der Waals surface area (Å²) in [6, 6.07) is 5.90. The van der Waals surface area contributed by atoms with E-state index in [1.807, 2.05) is 25.1 Å². The molecule has 4 aliphatic rings. The van der Waals surface area contributed by atoms with Crippen LogP contribution in [0.1, 0.15) is 26.2 Å². The third-order valence-corrected chi connectivity index (χ3v) is 7.51. The highest BCUT2D eigenvalue weighted by Crippen LogP contribution is 2.52. The predicted molar refractivity (Wildman–Crippen MR) is 122 cm³/mol. The first-order chi connectivity index (χ1) is 16.0. The van der Waals surface area contributed by atoms with Gasteiger partial charge >= 0.3 is 5.97 Å². The SMILES string of the molecule is CCCC(=O)OC(CN1CCN(c2ccccn2)CC1)CN1C(=O)C2C3C=CC(C3)C2C1=O. The zero-order valence-electron chi connectivity index (χ0n) is 19.1. The number of aromatic nitrogens is 1. The summed E-state index contributed by atoms with van der Waals surface area (Å²) >= 11 is 0. The van der Waals surface area contributed by atoms with Crippen LogP contribution in [-0.2, 0) is 19.1 Å². The van der Waals surface area contributed by atoms with Gasteiger partial charge in [-0.15, -0.1) is 0 Å². The van der Waals surface area contributed by atoms with Crippen LogP contribution in [0, 0.1) is 23.7 Å². The zero-order chi connectivity index (χ0) is 22.9. The molecule has 8 heteroatoms. The van der Waals surface area contributed by atoms with Crippen molar-refractivity contribution < 1.29 is 19.1 Å². The molecular weight excluding hydrogens is 420 g/mol. The Morgan fingerprint density at radius 2 is 1.76 bits per heavy atom. The summed E-state index contributed by atoms with van der Waals surface area (Å²) in [5, 5.41) is 0. The summed E-state index contributed by atoms with van der Waals surface area (Å²) in [5.41, 5.74) is 0. The van der Waals surface area contributed by atoms with Gasteiger partial charge in [0.1, 0.15) is 11.9 Å². The Balaban J connectivity index is 1.23. The van der Waals surface area contributed by atoms with E-state index < -0.39 is 6.10 Å². The standard InChI is InChI=1S/C25H32N4O4/c1-2-5-21(30)33-19(15-27-10-12-28(13-11-27)20-6-3-4-9-26-20)16-29-24(31)22-17-7-8-18(14-17)23(22)25(29)32/h3-4,6-9,17-19,22-23H,2,5,10-16H2,1H3. The molecule has 8 nitrogen and oxygen atoms in total. The van der Waals surface area contributed by atoms with Crippen LogP contribution in [0.25, 0.3) is 0 Å². The zero-order valence-corrected chi connectivity index (χ0v) is 19.1. The van der Waals surface area contributed by atoms with Gasteiger partial charge in [-0.25, -0.2) is 4.98 Å². The number of pyridine rings is 1. The van der Waals surface area contributed by atoms with E-state index in [0.717, 1.165) is 38.4 Å². The molecule has 1 aromatic rings. The lowest BCUT2D eigenvalue weighted by atomic mass is 9.85. The molecule has 0 radical (unpaired) electrons. The first-order valence-electron chi connectivity index (χ1n) is 12.2. The highest BCUT2D eigenvalue weighted by atomic mass is 16.5. The van der Waals surface area contributed by atoms with Gasteiger partial charge in [-0.05, 0) is 36.8 Å². The van der Waals surface area contributed by atoms with Gasteiger partial charge in [0.2, 0.25) is 11.8 Å². The second-order valence-corrected chi connectivity index (χ2v) is 9.62. The Morgan fingerprint density at radius 3 is 2.36 bits per heavy atom. The van der Waals surface area contributed by atoms with Crippen molar-refractivity contribution in [2.75, 3.05) is 44.2 Å². The molecule has 0 aromatic carbocycles. The summed E-state index contributed by atoms with van der Waals surface area (Å²) in [6.07, 6.45) is 7.44. The minimum absolute atomic E-state index is 0.0849. The molecule has 1 aromatic heterocycles. The number of esters is 1. The van der Waals surface area contributed by atoms with Crippen LogP contribution in [0.15, 0.2) is 36.5 Å². The van der Waals surface area contributed by atoms with E-state index in [0.29, 0.717) is 19.4 Å². The smallest absolute Gasteiger partial charge is 0.306 e. The minimum atomic E-state index is -0.511. The summed E-state index contributed by atoms with van der Waals surface area (Å²) < 4.78 is 5.79. The van der Waals surface area contributed by atoms with Gasteiger partial charge in [-0.2, -0.15) is 0 Å². The molecule has 2 saturated heterocycles. The number of nitrogens with zero attached hydrogens (tertiary/aromatic N) is 4. The van der Waals surface area contributed by atoms with Crippen molar-refractivity contribution in [1.82, 2.24) is 14.8 Å². The normalized spacial score (nSPS) is 29.6. The molecule has 2 aliphatic heterocycles. The molecule has 1 saturated carbocycles. The molecule has 2 amide bonds. The average Bonchev–Trinajstić information content (AvgIpc) is 3.50. The van der Waals surface area contributed by atoms with Gasteiger partial charge in [0, 0.05) is 45.3 Å². The number of rotatable bonds is 8. The molecule has 0 spiro atoms. The van der Waals surface area contributed by atoms with Crippen LogP contribution in [0.4, 0.5) is 5.82 Å².